The third-order valence-electron chi connectivity index (χ3n) is 3.05. The molecular formula is C16H35N. The van der Waals surface area contributed by atoms with Gasteiger partial charge in [0.1, 0.15) is 0 Å². The molecule has 0 unspecified atom stereocenters. The van der Waals surface area contributed by atoms with E-state index in [1.165, 1.54) is 45.3 Å². The maximum absolute atomic E-state index is 2.59. The maximum atomic E-state index is 2.59. The number of rotatable bonds is 7. The number of unbranched alkanes of at least 4 members (excludes halogenated alkanes) is 2. The molecule has 0 atom stereocenters. The van der Waals surface area contributed by atoms with Crippen molar-refractivity contribution in [3.8, 4) is 0 Å². The van der Waals surface area contributed by atoms with Gasteiger partial charge >= 0.3 is 0 Å². The maximum Gasteiger partial charge on any atom is 0.00299 e. The fraction of sp³-hybridized carbons (Fsp3) is 1.00. The summed E-state index contributed by atoms with van der Waals surface area (Å²) in [5.41, 5.74) is 0.942. The predicted molar refractivity (Wildman–Crippen MR) is 79.5 cm³/mol. The van der Waals surface area contributed by atoms with Crippen molar-refractivity contribution < 1.29 is 0 Å². The summed E-state index contributed by atoms with van der Waals surface area (Å²) in [5.74, 6) is 0. The third kappa shape index (κ3) is 12.2. The number of nitrogens with zero attached hydrogens (tertiary/aromatic N) is 1. The Labute approximate surface area is 110 Å². The summed E-state index contributed by atoms with van der Waals surface area (Å²) in [6, 6.07) is 0. The molecule has 1 nitrogen and oxygen atoms in total. The molecule has 0 aliphatic carbocycles. The van der Waals surface area contributed by atoms with Gasteiger partial charge < -0.3 is 4.90 Å². The Morgan fingerprint density at radius 1 is 0.765 bits per heavy atom. The molecule has 104 valence electrons. The van der Waals surface area contributed by atoms with Gasteiger partial charge in [0, 0.05) is 6.54 Å². The van der Waals surface area contributed by atoms with Crippen LogP contribution in [-0.4, -0.2) is 24.5 Å². The molecular weight excluding hydrogens is 206 g/mol. The van der Waals surface area contributed by atoms with Gasteiger partial charge in [0.2, 0.25) is 0 Å². The first-order valence-electron chi connectivity index (χ1n) is 7.36. The molecule has 0 aliphatic heterocycles. The largest absolute Gasteiger partial charge is 0.303 e. The Hall–Kier alpha value is -0.0400. The lowest BCUT2D eigenvalue weighted by Crippen LogP contribution is -2.33. The highest BCUT2D eigenvalue weighted by Crippen LogP contribution is 2.22. The van der Waals surface area contributed by atoms with E-state index in [4.69, 9.17) is 0 Å². The van der Waals surface area contributed by atoms with E-state index in [1.807, 2.05) is 0 Å². The highest BCUT2D eigenvalue weighted by atomic mass is 15.1. The van der Waals surface area contributed by atoms with Gasteiger partial charge in [-0.15, -0.1) is 0 Å². The minimum absolute atomic E-state index is 0.432. The van der Waals surface area contributed by atoms with Crippen LogP contribution in [0.4, 0.5) is 0 Å². The molecule has 0 aromatic rings. The molecule has 0 aliphatic rings. The fourth-order valence-electron chi connectivity index (χ4n) is 2.19. The smallest absolute Gasteiger partial charge is 0.00299 e. The minimum Gasteiger partial charge on any atom is -0.303 e. The first-order chi connectivity index (χ1) is 7.64. The van der Waals surface area contributed by atoms with E-state index in [1.54, 1.807) is 0 Å². The van der Waals surface area contributed by atoms with Crippen molar-refractivity contribution in [2.24, 2.45) is 10.8 Å². The molecule has 0 rings (SSSR count). The van der Waals surface area contributed by atoms with Crippen LogP contribution >= 0.6 is 0 Å². The zero-order valence-electron chi connectivity index (χ0n) is 13.4. The van der Waals surface area contributed by atoms with Gasteiger partial charge in [-0.05, 0) is 36.8 Å². The van der Waals surface area contributed by atoms with Crippen LogP contribution in [-0.2, 0) is 0 Å². The van der Waals surface area contributed by atoms with Gasteiger partial charge in [-0.25, -0.2) is 0 Å². The van der Waals surface area contributed by atoms with Gasteiger partial charge in [-0.1, -0.05) is 61.3 Å². The van der Waals surface area contributed by atoms with Crippen molar-refractivity contribution in [2.75, 3.05) is 19.6 Å². The molecule has 0 saturated heterocycles. The summed E-state index contributed by atoms with van der Waals surface area (Å²) in [6.07, 6.45) is 5.49. The van der Waals surface area contributed by atoms with Crippen LogP contribution in [0.15, 0.2) is 0 Å². The molecule has 1 heteroatoms. The number of hydrogen-bond donors (Lipinski definition) is 0. The summed E-state index contributed by atoms with van der Waals surface area (Å²) in [4.78, 5) is 2.59. The molecule has 0 spiro atoms. The lowest BCUT2D eigenvalue weighted by molar-refractivity contribution is 0.195. The van der Waals surface area contributed by atoms with Crippen molar-refractivity contribution in [1.29, 1.82) is 0 Å². The zero-order valence-corrected chi connectivity index (χ0v) is 13.4. The summed E-state index contributed by atoms with van der Waals surface area (Å²) in [5, 5.41) is 0. The third-order valence-corrected chi connectivity index (χ3v) is 3.05. The second-order valence-electron chi connectivity index (χ2n) is 7.80. The van der Waals surface area contributed by atoms with Crippen LogP contribution in [0.2, 0.25) is 0 Å². The SMILES string of the molecule is CCN(CCCCCC(C)(C)C)CC(C)(C)C. The molecule has 0 amide bonds. The average molecular weight is 241 g/mol. The lowest BCUT2D eigenvalue weighted by Gasteiger charge is -2.29. The summed E-state index contributed by atoms with van der Waals surface area (Å²) in [7, 11) is 0. The second-order valence-corrected chi connectivity index (χ2v) is 7.80. The van der Waals surface area contributed by atoms with Crippen LogP contribution in [0, 0.1) is 10.8 Å². The number of hydrogen-bond acceptors (Lipinski definition) is 1. The first kappa shape index (κ1) is 17.0. The lowest BCUT2D eigenvalue weighted by atomic mass is 9.89. The van der Waals surface area contributed by atoms with Crippen LogP contribution in [0.3, 0.4) is 0 Å². The van der Waals surface area contributed by atoms with E-state index in [-0.39, 0.29) is 0 Å². The molecule has 0 fully saturated rings. The Morgan fingerprint density at radius 2 is 1.35 bits per heavy atom. The highest BCUT2D eigenvalue weighted by Gasteiger charge is 2.15. The molecule has 17 heavy (non-hydrogen) atoms. The van der Waals surface area contributed by atoms with Crippen LogP contribution in [0.25, 0.3) is 0 Å². The van der Waals surface area contributed by atoms with E-state index in [0.717, 1.165) is 0 Å². The molecule has 0 bridgehead atoms. The summed E-state index contributed by atoms with van der Waals surface area (Å²) in [6.45, 7) is 20.0. The molecule has 0 N–H and O–H groups in total. The van der Waals surface area contributed by atoms with Gasteiger partial charge in [-0.3, -0.25) is 0 Å². The van der Waals surface area contributed by atoms with Gasteiger partial charge in [-0.2, -0.15) is 0 Å². The molecule has 0 aromatic heterocycles. The van der Waals surface area contributed by atoms with E-state index in [9.17, 15) is 0 Å². The van der Waals surface area contributed by atoms with Crippen molar-refractivity contribution in [3.63, 3.8) is 0 Å². The molecule has 0 saturated carbocycles. The van der Waals surface area contributed by atoms with E-state index in [0.29, 0.717) is 10.8 Å². The van der Waals surface area contributed by atoms with Crippen molar-refractivity contribution in [1.82, 2.24) is 4.90 Å². The van der Waals surface area contributed by atoms with E-state index < -0.39 is 0 Å². The normalized spacial score (nSPS) is 13.4. The van der Waals surface area contributed by atoms with Crippen LogP contribution in [0.1, 0.15) is 74.1 Å². The van der Waals surface area contributed by atoms with Gasteiger partial charge in [0.05, 0.1) is 0 Å². The van der Waals surface area contributed by atoms with Gasteiger partial charge in [0.15, 0.2) is 0 Å². The zero-order chi connectivity index (χ0) is 13.5. The quantitative estimate of drug-likeness (QED) is 0.569. The fourth-order valence-corrected chi connectivity index (χ4v) is 2.19. The standard InChI is InChI=1S/C16H35N/c1-8-17(14-16(5,6)7)13-11-9-10-12-15(2,3)4/h8-14H2,1-7H3. The Bertz CT molecular complexity index is 183. The van der Waals surface area contributed by atoms with Gasteiger partial charge in [0.25, 0.3) is 0 Å². The Balaban J connectivity index is 3.64. The summed E-state index contributed by atoms with van der Waals surface area (Å²) < 4.78 is 0. The monoisotopic (exact) mass is 241 g/mol. The van der Waals surface area contributed by atoms with Crippen LogP contribution < -0.4 is 0 Å². The highest BCUT2D eigenvalue weighted by molar-refractivity contribution is 4.68. The minimum atomic E-state index is 0.432. The Morgan fingerprint density at radius 3 is 1.76 bits per heavy atom. The molecule has 0 radical (unpaired) electrons. The van der Waals surface area contributed by atoms with Crippen molar-refractivity contribution in [2.45, 2.75) is 74.1 Å². The Kier molecular flexibility index (Phi) is 7.39. The van der Waals surface area contributed by atoms with E-state index >= 15 is 0 Å². The predicted octanol–water partition coefficient (Wildman–Crippen LogP) is 4.96. The molecule has 0 heterocycles. The topological polar surface area (TPSA) is 3.24 Å². The van der Waals surface area contributed by atoms with Crippen molar-refractivity contribution in [3.05, 3.63) is 0 Å². The summed E-state index contributed by atoms with van der Waals surface area (Å²) >= 11 is 0. The molecule has 0 aromatic carbocycles. The van der Waals surface area contributed by atoms with Crippen molar-refractivity contribution >= 4 is 0 Å². The second kappa shape index (κ2) is 7.41. The first-order valence-corrected chi connectivity index (χ1v) is 7.36. The van der Waals surface area contributed by atoms with E-state index in [2.05, 4.69) is 53.4 Å². The van der Waals surface area contributed by atoms with Crippen LogP contribution in [0.5, 0.6) is 0 Å². The average Bonchev–Trinajstić information content (AvgIpc) is 2.11.